The fraction of sp³-hybridized carbons (Fsp3) is 0.405. The molecule has 0 atom stereocenters. The van der Waals surface area contributed by atoms with Gasteiger partial charge in [-0.15, -0.1) is 45.3 Å². The Morgan fingerprint density at radius 2 is 1.11 bits per heavy atom. The predicted octanol–water partition coefficient (Wildman–Crippen LogP) is 9.63. The van der Waals surface area contributed by atoms with Gasteiger partial charge in [0, 0.05) is 65.2 Å². The van der Waals surface area contributed by atoms with Crippen LogP contribution in [-0.2, 0) is 40.2 Å². The number of benzene rings is 2. The molecule has 15 nitrogen and oxygen atoms in total. The molecule has 4 aliphatic rings. The van der Waals surface area contributed by atoms with Gasteiger partial charge in [-0.1, -0.05) is 0 Å². The number of anilines is 2. The molecule has 0 saturated carbocycles. The number of hydrogen-bond acceptors (Lipinski definition) is 16. The maximum Gasteiger partial charge on any atom is 0.410 e. The van der Waals surface area contributed by atoms with Crippen LogP contribution in [0.15, 0.2) is 24.3 Å². The van der Waals surface area contributed by atoms with E-state index in [1.807, 2.05) is 65.8 Å². The molecule has 6 aromatic rings. The van der Waals surface area contributed by atoms with Crippen LogP contribution in [0.5, 0.6) is 23.0 Å². The third-order valence-corrected chi connectivity index (χ3v) is 14.2. The highest BCUT2D eigenvalue weighted by Crippen LogP contribution is 2.49. The summed E-state index contributed by atoms with van der Waals surface area (Å²) in [4.78, 5) is 52.2. The molecule has 19 heteroatoms. The molecular formula is C42H44N6O9S4. The highest BCUT2D eigenvalue weighted by molar-refractivity contribution is 7.23. The van der Waals surface area contributed by atoms with E-state index in [-0.39, 0.29) is 31.7 Å². The minimum atomic E-state index is -0.548. The summed E-state index contributed by atoms with van der Waals surface area (Å²) in [7, 11) is 0. The van der Waals surface area contributed by atoms with Gasteiger partial charge in [0.15, 0.2) is 23.0 Å². The minimum Gasteiger partial charge on any atom is -0.454 e. The van der Waals surface area contributed by atoms with Crippen LogP contribution >= 0.6 is 45.3 Å². The lowest BCUT2D eigenvalue weighted by Gasteiger charge is -2.30. The Balaban J connectivity index is 0.000000157. The lowest BCUT2D eigenvalue weighted by molar-refractivity contribution is -0.114. The standard InChI is InChI=1S/C22H23N3O5S2.C20H21N3O4S2/c1-11(26)23-19-18(20-24-13-7-14-15(29-10-28-14)8-16(13)31-20)12-5-6-25(9-17(12)32-19)21(27)30-22(2,3)4;1-20(2,3)27-19(24)23-5-4-10-15(8-23)28-17(21)16(10)18-22-11-6-12-13(26-9-25-12)7-14(11)29-18/h7-8H,5-6,9-10H2,1-4H3,(H,23,26);6-7H,4-5,8-9,21H2,1-3H3. The fourth-order valence-electron chi connectivity index (χ4n) is 7.35. The molecule has 0 fully saturated rings. The summed E-state index contributed by atoms with van der Waals surface area (Å²) in [6, 6.07) is 7.72. The van der Waals surface area contributed by atoms with Crippen LogP contribution in [-0.4, -0.2) is 75.7 Å². The molecule has 4 aliphatic heterocycles. The molecule has 10 rings (SSSR count). The second kappa shape index (κ2) is 15.5. The molecule has 8 heterocycles. The second-order valence-corrected chi connectivity index (χ2v) is 21.1. The molecular weight excluding hydrogens is 861 g/mol. The van der Waals surface area contributed by atoms with E-state index in [4.69, 9.17) is 44.1 Å². The number of fused-ring (bicyclic) bond motifs is 6. The molecule has 4 aromatic heterocycles. The number of rotatable bonds is 3. The highest BCUT2D eigenvalue weighted by Gasteiger charge is 2.33. The van der Waals surface area contributed by atoms with E-state index in [1.54, 1.807) is 32.5 Å². The number of carbonyl (C=O) groups is 3. The number of nitrogens with zero attached hydrogens (tertiary/aromatic N) is 4. The number of ether oxygens (including phenoxy) is 6. The van der Waals surface area contributed by atoms with E-state index < -0.39 is 11.2 Å². The Hall–Kier alpha value is -5.37. The molecule has 0 spiro atoms. The SMILES string of the molecule is CC(=O)Nc1sc2c(c1-c1nc3cc4c(cc3s1)OCO4)CCN(C(=O)OC(C)(C)C)C2.CC(C)(C)OC(=O)N1CCc2c(sc(N)c2-c2nc3cc4c(cc3s2)OCO4)C1. The van der Waals surface area contributed by atoms with Crippen LogP contribution in [0.25, 0.3) is 41.6 Å². The Bertz CT molecular complexity index is 2660. The van der Waals surface area contributed by atoms with Crippen LogP contribution in [0, 0.1) is 0 Å². The number of hydrogen-bond donors (Lipinski definition) is 2. The van der Waals surface area contributed by atoms with Gasteiger partial charge < -0.3 is 49.3 Å². The average Bonchev–Trinajstić information content (AvgIpc) is 4.02. The van der Waals surface area contributed by atoms with E-state index in [0.717, 1.165) is 90.6 Å². The summed E-state index contributed by atoms with van der Waals surface area (Å²) < 4.78 is 35.0. The third kappa shape index (κ3) is 8.35. The van der Waals surface area contributed by atoms with Crippen LogP contribution in [0.4, 0.5) is 19.6 Å². The van der Waals surface area contributed by atoms with Crippen molar-refractivity contribution >= 4 is 93.9 Å². The quantitative estimate of drug-likeness (QED) is 0.172. The first-order valence-electron chi connectivity index (χ1n) is 19.7. The summed E-state index contributed by atoms with van der Waals surface area (Å²) in [5.74, 6) is 2.74. The second-order valence-electron chi connectivity index (χ2n) is 16.8. The summed E-state index contributed by atoms with van der Waals surface area (Å²) in [6.07, 6.45) is 0.786. The lowest BCUT2D eigenvalue weighted by atomic mass is 10.0. The Kier molecular flexibility index (Phi) is 10.4. The molecule has 0 bridgehead atoms. The number of nitrogen functional groups attached to an aromatic ring is 1. The van der Waals surface area contributed by atoms with Crippen molar-refractivity contribution in [3.8, 4) is 44.1 Å². The smallest absolute Gasteiger partial charge is 0.410 e. The number of thiazole rings is 2. The topological polar surface area (TPSA) is 177 Å². The van der Waals surface area contributed by atoms with Crippen molar-refractivity contribution in [1.82, 2.24) is 19.8 Å². The maximum atomic E-state index is 12.6. The Morgan fingerprint density at radius 3 is 1.59 bits per heavy atom. The van der Waals surface area contributed by atoms with E-state index in [1.165, 1.54) is 35.2 Å². The van der Waals surface area contributed by atoms with E-state index in [9.17, 15) is 14.4 Å². The van der Waals surface area contributed by atoms with Crippen LogP contribution in [0.3, 0.4) is 0 Å². The van der Waals surface area contributed by atoms with Crippen molar-refractivity contribution in [1.29, 1.82) is 0 Å². The minimum absolute atomic E-state index is 0.143. The van der Waals surface area contributed by atoms with E-state index in [0.29, 0.717) is 38.3 Å². The van der Waals surface area contributed by atoms with Gasteiger partial charge in [0.05, 0.1) is 38.5 Å². The molecule has 0 radical (unpaired) electrons. The van der Waals surface area contributed by atoms with E-state index >= 15 is 0 Å². The monoisotopic (exact) mass is 904 g/mol. The summed E-state index contributed by atoms with van der Waals surface area (Å²) in [5, 5.41) is 6.18. The van der Waals surface area contributed by atoms with Crippen molar-refractivity contribution < 1.29 is 42.8 Å². The zero-order valence-electron chi connectivity index (χ0n) is 34.6. The average molecular weight is 905 g/mol. The van der Waals surface area contributed by atoms with Gasteiger partial charge >= 0.3 is 12.2 Å². The molecule has 320 valence electrons. The van der Waals surface area contributed by atoms with Gasteiger partial charge in [-0.25, -0.2) is 19.6 Å². The van der Waals surface area contributed by atoms with Crippen molar-refractivity contribution in [2.45, 2.75) is 85.6 Å². The van der Waals surface area contributed by atoms with Crippen molar-refractivity contribution in [3.05, 3.63) is 45.1 Å². The van der Waals surface area contributed by atoms with Gasteiger partial charge in [0.25, 0.3) is 0 Å². The summed E-state index contributed by atoms with van der Waals surface area (Å²) >= 11 is 6.17. The number of thiophene rings is 2. The van der Waals surface area contributed by atoms with Crippen molar-refractivity contribution in [3.63, 3.8) is 0 Å². The number of amides is 3. The number of carbonyl (C=O) groups excluding carboxylic acids is 3. The number of aromatic nitrogens is 2. The van der Waals surface area contributed by atoms with Crippen molar-refractivity contribution in [2.75, 3.05) is 37.7 Å². The van der Waals surface area contributed by atoms with Crippen LogP contribution < -0.4 is 30.0 Å². The summed E-state index contributed by atoms with van der Waals surface area (Å²) in [6.45, 7) is 15.3. The van der Waals surface area contributed by atoms with Crippen LogP contribution in [0.2, 0.25) is 0 Å². The molecule has 3 amide bonds. The van der Waals surface area contributed by atoms with Gasteiger partial charge in [0.1, 0.15) is 26.2 Å². The van der Waals surface area contributed by atoms with Gasteiger partial charge in [-0.2, -0.15) is 0 Å². The largest absolute Gasteiger partial charge is 0.454 e. The predicted molar refractivity (Wildman–Crippen MR) is 238 cm³/mol. The maximum absolute atomic E-state index is 12.6. The van der Waals surface area contributed by atoms with Crippen molar-refractivity contribution in [2.24, 2.45) is 0 Å². The van der Waals surface area contributed by atoms with E-state index in [2.05, 4.69) is 5.32 Å². The highest BCUT2D eigenvalue weighted by atomic mass is 32.1. The summed E-state index contributed by atoms with van der Waals surface area (Å²) in [5.41, 5.74) is 11.3. The zero-order valence-corrected chi connectivity index (χ0v) is 37.9. The first-order valence-corrected chi connectivity index (χ1v) is 22.9. The zero-order chi connectivity index (χ0) is 43.0. The molecule has 0 aliphatic carbocycles. The molecule has 2 aromatic carbocycles. The Morgan fingerprint density at radius 1 is 0.672 bits per heavy atom. The number of nitrogens with one attached hydrogen (secondary N) is 1. The Labute approximate surface area is 367 Å². The first kappa shape index (κ1) is 41.0. The molecule has 0 unspecified atom stereocenters. The van der Waals surface area contributed by atoms with Gasteiger partial charge in [-0.05, 0) is 65.5 Å². The van der Waals surface area contributed by atoms with Gasteiger partial charge in [0.2, 0.25) is 19.5 Å². The van der Waals surface area contributed by atoms with Gasteiger partial charge in [-0.3, -0.25) is 4.79 Å². The first-order chi connectivity index (χ1) is 29.0. The fourth-order valence-corrected chi connectivity index (χ4v) is 12.0. The van der Waals surface area contributed by atoms with Crippen LogP contribution in [0.1, 0.15) is 69.3 Å². The molecule has 0 saturated heterocycles. The number of nitrogens with two attached hydrogens (primary N) is 1. The molecule has 3 N–H and O–H groups in total. The third-order valence-electron chi connectivity index (χ3n) is 9.93. The lowest BCUT2D eigenvalue weighted by Crippen LogP contribution is -2.39. The normalized spacial score (nSPS) is 15.3. The molecule has 61 heavy (non-hydrogen) atoms.